The van der Waals surface area contributed by atoms with Crippen molar-refractivity contribution >= 4 is 0 Å². The first-order valence-corrected chi connectivity index (χ1v) is 6.93. The van der Waals surface area contributed by atoms with E-state index in [-0.39, 0.29) is 5.60 Å². The Morgan fingerprint density at radius 2 is 1.80 bits per heavy atom. The van der Waals surface area contributed by atoms with Gasteiger partial charge in [0, 0.05) is 0 Å². The smallest absolute Gasteiger partial charge is 0.0683 e. The second-order valence-corrected chi connectivity index (χ2v) is 6.46. The third-order valence-electron chi connectivity index (χ3n) is 5.35. The van der Waals surface area contributed by atoms with Gasteiger partial charge in [0.05, 0.1) is 5.60 Å². The summed E-state index contributed by atoms with van der Waals surface area (Å²) in [4.78, 5) is 0. The van der Waals surface area contributed by atoms with E-state index in [4.69, 9.17) is 0 Å². The minimum Gasteiger partial charge on any atom is -0.390 e. The van der Waals surface area contributed by atoms with Crippen LogP contribution in [0, 0.1) is 23.7 Å². The molecule has 0 heterocycles. The summed E-state index contributed by atoms with van der Waals surface area (Å²) in [6.07, 6.45) is 10.5. The van der Waals surface area contributed by atoms with Crippen molar-refractivity contribution < 1.29 is 5.11 Å². The fourth-order valence-corrected chi connectivity index (χ4v) is 5.03. The first-order chi connectivity index (χ1) is 7.21. The van der Waals surface area contributed by atoms with Crippen LogP contribution < -0.4 is 0 Å². The van der Waals surface area contributed by atoms with Gasteiger partial charge in [-0.2, -0.15) is 0 Å². The van der Waals surface area contributed by atoms with Gasteiger partial charge < -0.3 is 5.11 Å². The maximum absolute atomic E-state index is 10.8. The van der Waals surface area contributed by atoms with Gasteiger partial charge in [-0.05, 0) is 62.2 Å². The molecule has 4 bridgehead atoms. The molecule has 1 N–H and O–H groups in total. The van der Waals surface area contributed by atoms with E-state index < -0.39 is 0 Å². The molecule has 0 aliphatic heterocycles. The maximum Gasteiger partial charge on any atom is 0.0683 e. The molecule has 0 amide bonds. The van der Waals surface area contributed by atoms with Gasteiger partial charge in [-0.15, -0.1) is 0 Å². The third-order valence-corrected chi connectivity index (χ3v) is 5.35. The molecule has 3 unspecified atom stereocenters. The van der Waals surface area contributed by atoms with E-state index in [0.717, 1.165) is 30.6 Å². The van der Waals surface area contributed by atoms with E-state index in [2.05, 4.69) is 6.92 Å². The molecule has 3 atom stereocenters. The monoisotopic (exact) mass is 208 g/mol. The molecule has 0 aromatic heterocycles. The van der Waals surface area contributed by atoms with Crippen LogP contribution in [0.2, 0.25) is 0 Å². The van der Waals surface area contributed by atoms with Gasteiger partial charge in [-0.3, -0.25) is 0 Å². The van der Waals surface area contributed by atoms with Crippen LogP contribution in [0.25, 0.3) is 0 Å². The predicted octanol–water partition coefficient (Wildman–Crippen LogP) is 3.36. The summed E-state index contributed by atoms with van der Waals surface area (Å²) in [5.41, 5.74) is -0.232. The van der Waals surface area contributed by atoms with Gasteiger partial charge in [-0.25, -0.2) is 0 Å². The Morgan fingerprint density at radius 1 is 1.13 bits per heavy atom. The molecule has 0 aromatic carbocycles. The average molecular weight is 208 g/mol. The second-order valence-electron chi connectivity index (χ2n) is 6.46. The fraction of sp³-hybridized carbons (Fsp3) is 1.00. The van der Waals surface area contributed by atoms with Gasteiger partial charge in [0.1, 0.15) is 0 Å². The van der Waals surface area contributed by atoms with Crippen molar-refractivity contribution in [3.05, 3.63) is 0 Å². The van der Waals surface area contributed by atoms with Crippen molar-refractivity contribution in [2.24, 2.45) is 23.7 Å². The van der Waals surface area contributed by atoms with Crippen LogP contribution in [-0.4, -0.2) is 10.7 Å². The topological polar surface area (TPSA) is 20.2 Å². The van der Waals surface area contributed by atoms with Crippen LogP contribution >= 0.6 is 0 Å². The fourth-order valence-electron chi connectivity index (χ4n) is 5.03. The first-order valence-electron chi connectivity index (χ1n) is 6.93. The number of hydrogen-bond acceptors (Lipinski definition) is 1. The summed E-state index contributed by atoms with van der Waals surface area (Å²) >= 11 is 0. The van der Waals surface area contributed by atoms with Gasteiger partial charge in [0.25, 0.3) is 0 Å². The molecule has 4 aliphatic carbocycles. The largest absolute Gasteiger partial charge is 0.390 e. The van der Waals surface area contributed by atoms with E-state index in [9.17, 15) is 5.11 Å². The van der Waals surface area contributed by atoms with E-state index in [1.807, 2.05) is 0 Å². The SMILES string of the molecule is CCCCC1C2CC3CC(C2)CC1(O)C3. The summed E-state index contributed by atoms with van der Waals surface area (Å²) in [6, 6.07) is 0. The van der Waals surface area contributed by atoms with Crippen molar-refractivity contribution in [2.45, 2.75) is 63.9 Å². The molecule has 15 heavy (non-hydrogen) atoms. The van der Waals surface area contributed by atoms with Crippen molar-refractivity contribution in [1.82, 2.24) is 0 Å². The molecular weight excluding hydrogens is 184 g/mol. The van der Waals surface area contributed by atoms with E-state index in [1.165, 1.54) is 38.5 Å². The summed E-state index contributed by atoms with van der Waals surface area (Å²) < 4.78 is 0. The lowest BCUT2D eigenvalue weighted by Crippen LogP contribution is -2.57. The summed E-state index contributed by atoms with van der Waals surface area (Å²) in [7, 11) is 0. The van der Waals surface area contributed by atoms with E-state index in [1.54, 1.807) is 0 Å². The molecule has 0 radical (unpaired) electrons. The molecule has 0 aromatic rings. The lowest BCUT2D eigenvalue weighted by atomic mass is 9.49. The lowest BCUT2D eigenvalue weighted by molar-refractivity contribution is -0.173. The second kappa shape index (κ2) is 3.48. The quantitative estimate of drug-likeness (QED) is 0.754. The van der Waals surface area contributed by atoms with E-state index >= 15 is 0 Å². The lowest BCUT2D eigenvalue weighted by Gasteiger charge is -2.59. The average Bonchev–Trinajstić information content (AvgIpc) is 2.14. The Hall–Kier alpha value is -0.0400. The Kier molecular flexibility index (Phi) is 2.35. The van der Waals surface area contributed by atoms with Crippen LogP contribution in [0.5, 0.6) is 0 Å². The minimum absolute atomic E-state index is 0.232. The summed E-state index contributed by atoms with van der Waals surface area (Å²) in [6.45, 7) is 2.26. The highest BCUT2D eigenvalue weighted by Crippen LogP contribution is 2.59. The van der Waals surface area contributed by atoms with Crippen LogP contribution in [0.3, 0.4) is 0 Å². The zero-order chi connectivity index (χ0) is 10.5. The number of rotatable bonds is 3. The van der Waals surface area contributed by atoms with Crippen molar-refractivity contribution in [1.29, 1.82) is 0 Å². The van der Waals surface area contributed by atoms with Crippen molar-refractivity contribution in [3.8, 4) is 0 Å². The molecule has 86 valence electrons. The summed E-state index contributed by atoms with van der Waals surface area (Å²) in [5.74, 6) is 3.30. The molecule has 0 spiro atoms. The normalized spacial score (nSPS) is 52.4. The standard InChI is InChI=1S/C14H24O/c1-2-3-4-13-12-6-10-5-11(7-12)9-14(13,15)8-10/h10-13,15H,2-9H2,1H3. The van der Waals surface area contributed by atoms with Crippen LogP contribution in [0.15, 0.2) is 0 Å². The maximum atomic E-state index is 10.8. The highest BCUT2D eigenvalue weighted by atomic mass is 16.3. The van der Waals surface area contributed by atoms with Crippen molar-refractivity contribution in [3.63, 3.8) is 0 Å². The number of aliphatic hydroxyl groups is 1. The molecule has 4 saturated carbocycles. The van der Waals surface area contributed by atoms with Crippen LogP contribution in [-0.2, 0) is 0 Å². The summed E-state index contributed by atoms with van der Waals surface area (Å²) in [5, 5.41) is 10.8. The zero-order valence-electron chi connectivity index (χ0n) is 9.91. The highest BCUT2D eigenvalue weighted by Gasteiger charge is 2.55. The third kappa shape index (κ3) is 1.54. The Labute approximate surface area is 93.3 Å². The molecule has 0 saturated heterocycles. The molecule has 4 fully saturated rings. The molecule has 1 heteroatoms. The Morgan fingerprint density at radius 3 is 2.33 bits per heavy atom. The van der Waals surface area contributed by atoms with Gasteiger partial charge in [0.15, 0.2) is 0 Å². The van der Waals surface area contributed by atoms with Gasteiger partial charge in [-0.1, -0.05) is 19.8 Å². The molecular formula is C14H24O. The molecule has 4 aliphatic rings. The molecule has 1 nitrogen and oxygen atoms in total. The van der Waals surface area contributed by atoms with Gasteiger partial charge >= 0.3 is 0 Å². The zero-order valence-corrected chi connectivity index (χ0v) is 9.91. The van der Waals surface area contributed by atoms with Crippen LogP contribution in [0.1, 0.15) is 58.3 Å². The number of unbranched alkanes of at least 4 members (excludes halogenated alkanes) is 1. The van der Waals surface area contributed by atoms with E-state index in [0.29, 0.717) is 5.92 Å². The van der Waals surface area contributed by atoms with Gasteiger partial charge in [0.2, 0.25) is 0 Å². The minimum atomic E-state index is -0.232. The Balaban J connectivity index is 1.77. The predicted molar refractivity (Wildman–Crippen MR) is 61.5 cm³/mol. The molecule has 4 rings (SSSR count). The first kappa shape index (κ1) is 10.1. The van der Waals surface area contributed by atoms with Crippen molar-refractivity contribution in [2.75, 3.05) is 0 Å². The Bertz CT molecular complexity index is 234. The van der Waals surface area contributed by atoms with Crippen LogP contribution in [0.4, 0.5) is 0 Å². The number of hydrogen-bond donors (Lipinski definition) is 1. The highest BCUT2D eigenvalue weighted by molar-refractivity contribution is 5.06.